The normalized spacial score (nSPS) is 32.8. The van der Waals surface area contributed by atoms with Crippen molar-refractivity contribution >= 4 is 22.2 Å². The predicted octanol–water partition coefficient (Wildman–Crippen LogP) is 3.98. The van der Waals surface area contributed by atoms with Crippen LogP contribution < -0.4 is 14.8 Å². The molecule has 3 aliphatic rings. The Bertz CT molecular complexity index is 892. The van der Waals surface area contributed by atoms with Gasteiger partial charge in [0.25, 0.3) is 12.3 Å². The van der Waals surface area contributed by atoms with E-state index in [-0.39, 0.29) is 11.3 Å². The van der Waals surface area contributed by atoms with Gasteiger partial charge in [0.2, 0.25) is 0 Å². The Kier molecular flexibility index (Phi) is 6.29. The van der Waals surface area contributed by atoms with Gasteiger partial charge < -0.3 is 8.92 Å². The first-order chi connectivity index (χ1) is 14.3. The Hall–Kier alpha value is -1.00. The number of aryl methyl sites for hydroxylation is 1. The smallest absolute Gasteiger partial charge is 0.260 e. The summed E-state index contributed by atoms with van der Waals surface area (Å²) in [5, 5.41) is 0. The Labute approximate surface area is 183 Å². The van der Waals surface area contributed by atoms with E-state index in [1.54, 1.807) is 7.11 Å². The number of hydrogen-bond acceptors (Lipinski definition) is 8. The van der Waals surface area contributed by atoms with Gasteiger partial charge in [-0.3, -0.25) is 0 Å². The second-order valence-electron chi connectivity index (χ2n) is 9.34. The molecule has 0 heterocycles. The van der Waals surface area contributed by atoms with Crippen molar-refractivity contribution in [3.8, 4) is 11.5 Å². The summed E-state index contributed by atoms with van der Waals surface area (Å²) in [5.74, 6) is 8.40. The van der Waals surface area contributed by atoms with E-state index in [1.807, 2.05) is 6.07 Å². The molecule has 1 aromatic rings. The van der Waals surface area contributed by atoms with Crippen LogP contribution in [-0.4, -0.2) is 27.5 Å². The van der Waals surface area contributed by atoms with E-state index in [0.29, 0.717) is 47.3 Å². The molecule has 0 aliphatic heterocycles. The fourth-order valence-corrected chi connectivity index (χ4v) is 8.16. The summed E-state index contributed by atoms with van der Waals surface area (Å²) in [6.07, 6.45) is 7.83. The van der Waals surface area contributed by atoms with E-state index in [2.05, 4.69) is 22.3 Å². The van der Waals surface area contributed by atoms with Crippen LogP contribution in [0.1, 0.15) is 56.1 Å². The number of ether oxygens (including phenoxy) is 1. The highest BCUT2D eigenvalue weighted by Crippen LogP contribution is 2.63. The summed E-state index contributed by atoms with van der Waals surface area (Å²) in [6, 6.07) is 4.14. The molecule has 3 aliphatic carbocycles. The van der Waals surface area contributed by atoms with E-state index in [1.165, 1.54) is 17.4 Å². The maximum Gasteiger partial charge on any atom is 0.260 e. The van der Waals surface area contributed by atoms with E-state index in [4.69, 9.17) is 14.8 Å². The van der Waals surface area contributed by atoms with Crippen LogP contribution in [0.4, 0.5) is 0 Å². The van der Waals surface area contributed by atoms with E-state index in [0.717, 1.165) is 38.5 Å². The molecule has 7 nitrogen and oxygen atoms in total. The molecule has 5 atom stereocenters. The van der Waals surface area contributed by atoms with Crippen molar-refractivity contribution in [3.63, 3.8) is 0 Å². The van der Waals surface area contributed by atoms with Crippen molar-refractivity contribution in [1.82, 2.24) is 0 Å². The fourth-order valence-electron chi connectivity index (χ4n) is 6.62. The van der Waals surface area contributed by atoms with Crippen LogP contribution in [-0.2, 0) is 25.6 Å². The standard InChI is InChI=1S/C21H31NO6S2/c1-21-9-8-15-16(18(21)7-5-14(21)12-30(3,23)24)6-4-13-10-20(26-29-28-27-22)19(25-2)11-17(13)15/h10-11,14-16,18H,4-9,12,22H2,1-3H3/t14-,15?,16?,18?,21-/m1/s1. The molecule has 2 saturated carbocycles. The molecule has 1 aromatic carbocycles. The number of benzene rings is 1. The van der Waals surface area contributed by atoms with Crippen molar-refractivity contribution in [1.29, 1.82) is 0 Å². The monoisotopic (exact) mass is 457 g/mol. The summed E-state index contributed by atoms with van der Waals surface area (Å²) >= 11 is 0.650. The van der Waals surface area contributed by atoms with Crippen molar-refractivity contribution in [2.45, 2.75) is 51.4 Å². The first-order valence-corrected chi connectivity index (χ1v) is 13.2. The molecule has 2 fully saturated rings. The molecule has 0 amide bonds. The number of sulfone groups is 1. The van der Waals surface area contributed by atoms with Crippen LogP contribution in [0.3, 0.4) is 0 Å². The molecule has 0 aromatic heterocycles. The Morgan fingerprint density at radius 3 is 2.70 bits per heavy atom. The second kappa shape index (κ2) is 8.50. The lowest BCUT2D eigenvalue weighted by molar-refractivity contribution is -0.199. The van der Waals surface area contributed by atoms with E-state index < -0.39 is 9.84 Å². The third-order valence-corrected chi connectivity index (χ3v) is 9.29. The average Bonchev–Trinajstić information content (AvgIpc) is 3.02. The molecule has 0 bridgehead atoms. The number of hydrogen-bond donors (Lipinski definition) is 1. The first-order valence-electron chi connectivity index (χ1n) is 10.5. The molecule has 0 saturated heterocycles. The van der Waals surface area contributed by atoms with Crippen LogP contribution in [0.15, 0.2) is 12.1 Å². The van der Waals surface area contributed by atoms with Crippen LogP contribution in [0.2, 0.25) is 0 Å². The zero-order chi connectivity index (χ0) is 21.5. The highest BCUT2D eigenvalue weighted by Gasteiger charge is 2.55. The lowest BCUT2D eigenvalue weighted by atomic mass is 9.54. The van der Waals surface area contributed by atoms with Crippen molar-refractivity contribution < 1.29 is 26.7 Å². The van der Waals surface area contributed by atoms with Gasteiger partial charge in [-0.1, -0.05) is 6.92 Å². The van der Waals surface area contributed by atoms with Crippen molar-refractivity contribution in [3.05, 3.63) is 23.3 Å². The van der Waals surface area contributed by atoms with Gasteiger partial charge in [-0.25, -0.2) is 8.42 Å². The molecule has 9 heteroatoms. The topological polar surface area (TPSA) is 97.1 Å². The molecule has 3 unspecified atom stereocenters. The lowest BCUT2D eigenvalue weighted by Gasteiger charge is -2.51. The number of nitrogens with two attached hydrogens (primary N) is 1. The molecular formula is C21H31NO6S2. The molecule has 2 N–H and O–H groups in total. The summed E-state index contributed by atoms with van der Waals surface area (Å²) in [6.45, 7) is 2.35. The predicted molar refractivity (Wildman–Crippen MR) is 115 cm³/mol. The van der Waals surface area contributed by atoms with Crippen LogP contribution in [0.5, 0.6) is 11.5 Å². The van der Waals surface area contributed by atoms with Gasteiger partial charge in [-0.15, -0.1) is 9.32 Å². The summed E-state index contributed by atoms with van der Waals surface area (Å²) in [4.78, 5) is 4.07. The van der Waals surface area contributed by atoms with Crippen LogP contribution in [0.25, 0.3) is 0 Å². The van der Waals surface area contributed by atoms with E-state index in [9.17, 15) is 8.42 Å². The van der Waals surface area contributed by atoms with E-state index >= 15 is 0 Å². The number of fused-ring (bicyclic) bond motifs is 5. The van der Waals surface area contributed by atoms with Crippen LogP contribution >= 0.6 is 12.3 Å². The lowest BCUT2D eigenvalue weighted by Crippen LogP contribution is -2.43. The number of methoxy groups -OCH3 is 1. The minimum absolute atomic E-state index is 0.130. The van der Waals surface area contributed by atoms with Crippen molar-refractivity contribution in [2.75, 3.05) is 19.1 Å². The minimum Gasteiger partial charge on any atom is -0.493 e. The quantitative estimate of drug-likeness (QED) is 0.284. The molecule has 30 heavy (non-hydrogen) atoms. The highest BCUT2D eigenvalue weighted by molar-refractivity contribution is 7.90. The maximum absolute atomic E-state index is 12.0. The Morgan fingerprint density at radius 2 is 2.00 bits per heavy atom. The Morgan fingerprint density at radius 1 is 1.20 bits per heavy atom. The highest BCUT2D eigenvalue weighted by atomic mass is 32.2. The molecule has 0 radical (unpaired) electrons. The van der Waals surface area contributed by atoms with Gasteiger partial charge in [0.1, 0.15) is 9.84 Å². The third kappa shape index (κ3) is 4.07. The average molecular weight is 458 g/mol. The van der Waals surface area contributed by atoms with Crippen LogP contribution in [0, 0.1) is 23.2 Å². The SMILES string of the molecule is COc1cc2c(cc1OSOON)CCC1C2CC[C@@]2(C)C1CC[C@@H]2CS(C)(=O)=O. The van der Waals surface area contributed by atoms with Gasteiger partial charge in [0, 0.05) is 6.26 Å². The maximum atomic E-state index is 12.0. The zero-order valence-corrected chi connectivity index (χ0v) is 19.4. The summed E-state index contributed by atoms with van der Waals surface area (Å²) in [7, 11) is -1.33. The summed E-state index contributed by atoms with van der Waals surface area (Å²) in [5.41, 5.74) is 2.77. The summed E-state index contributed by atoms with van der Waals surface area (Å²) < 4.78 is 39.6. The van der Waals surface area contributed by atoms with Gasteiger partial charge in [-0.05, 0) is 90.9 Å². The molecule has 0 spiro atoms. The first kappa shape index (κ1) is 22.2. The Balaban J connectivity index is 1.58. The largest absolute Gasteiger partial charge is 0.493 e. The zero-order valence-electron chi connectivity index (χ0n) is 17.8. The fraction of sp³-hybridized carbons (Fsp3) is 0.714. The second-order valence-corrected chi connectivity index (χ2v) is 12.0. The van der Waals surface area contributed by atoms with Gasteiger partial charge in [-0.2, -0.15) is 5.90 Å². The molecule has 4 rings (SSSR count). The third-order valence-electron chi connectivity index (χ3n) is 7.90. The number of rotatable bonds is 7. The molecular weight excluding hydrogens is 426 g/mol. The van der Waals surface area contributed by atoms with Gasteiger partial charge in [0.05, 0.1) is 12.9 Å². The van der Waals surface area contributed by atoms with Gasteiger partial charge in [0.15, 0.2) is 11.5 Å². The van der Waals surface area contributed by atoms with Crippen molar-refractivity contribution in [2.24, 2.45) is 29.1 Å². The molecule has 168 valence electrons. The van der Waals surface area contributed by atoms with Gasteiger partial charge >= 0.3 is 0 Å². The minimum atomic E-state index is -2.96.